The maximum Gasteiger partial charge on any atom is 0.258 e. The van der Waals surface area contributed by atoms with Gasteiger partial charge in [0, 0.05) is 50.2 Å². The molecule has 0 aliphatic carbocycles. The summed E-state index contributed by atoms with van der Waals surface area (Å²) in [6.07, 6.45) is 5.84. The lowest BCUT2D eigenvalue weighted by molar-refractivity contribution is -0.130. The lowest BCUT2D eigenvalue weighted by Gasteiger charge is -2.33. The molecule has 11 heteroatoms. The third-order valence-electron chi connectivity index (χ3n) is 5.86. The number of likely N-dealkylation sites (N-methyl/N-ethyl adjacent to an activating group) is 1. The minimum absolute atomic E-state index is 0.112. The fraction of sp³-hybridized carbons (Fsp3) is 0.458. The fourth-order valence-electron chi connectivity index (χ4n) is 3.91. The third-order valence-corrected chi connectivity index (χ3v) is 7.01. The number of anilines is 1. The number of hydrogen-bond donors (Lipinski definition) is 4. The van der Waals surface area contributed by atoms with Gasteiger partial charge in [-0.05, 0) is 81.2 Å². The van der Waals surface area contributed by atoms with E-state index in [2.05, 4.69) is 20.4 Å². The van der Waals surface area contributed by atoms with Crippen LogP contribution < -0.4 is 21.2 Å². The van der Waals surface area contributed by atoms with Crippen molar-refractivity contribution < 1.29 is 14.4 Å². The van der Waals surface area contributed by atoms with Crippen LogP contribution in [-0.2, 0) is 9.59 Å². The standard InChI is InChI=1S/C24H35N7O3S/c1-3-31(18(2)32)24(21(25)23(34)27-30-15-6-7-16-30)35-28-20-10-8-19(9-11-20)22(33)26-12-17-29-13-4-5-14-29/h6-11,15-16,21,24,28H,3-5,12-14,17,25H2,1-2H3,(H,26,33)(H,27,34)/t21-,24?/m1/s1. The van der Waals surface area contributed by atoms with Crippen LogP contribution in [0.15, 0.2) is 48.8 Å². The lowest BCUT2D eigenvalue weighted by atomic mass is 10.2. The number of carbonyl (C=O) groups is 3. The van der Waals surface area contributed by atoms with Crippen molar-refractivity contribution in [3.63, 3.8) is 0 Å². The van der Waals surface area contributed by atoms with Gasteiger partial charge in [0.2, 0.25) is 5.91 Å². The van der Waals surface area contributed by atoms with Gasteiger partial charge in [0.1, 0.15) is 11.4 Å². The van der Waals surface area contributed by atoms with E-state index < -0.39 is 17.3 Å². The second kappa shape index (κ2) is 13.2. The molecule has 5 N–H and O–H groups in total. The second-order valence-corrected chi connectivity index (χ2v) is 9.31. The molecule has 0 spiro atoms. The van der Waals surface area contributed by atoms with Crippen molar-refractivity contribution in [2.75, 3.05) is 42.9 Å². The van der Waals surface area contributed by atoms with E-state index in [1.165, 1.54) is 36.4 Å². The van der Waals surface area contributed by atoms with Gasteiger partial charge in [-0.15, -0.1) is 0 Å². The zero-order chi connectivity index (χ0) is 25.2. The quantitative estimate of drug-likeness (QED) is 0.258. The molecule has 3 rings (SSSR count). The Morgan fingerprint density at radius 2 is 1.77 bits per heavy atom. The molecule has 35 heavy (non-hydrogen) atoms. The molecular weight excluding hydrogens is 466 g/mol. The first-order valence-corrected chi connectivity index (χ1v) is 12.8. The van der Waals surface area contributed by atoms with Gasteiger partial charge in [-0.25, -0.2) is 0 Å². The van der Waals surface area contributed by atoms with E-state index in [-0.39, 0.29) is 11.8 Å². The number of nitrogens with one attached hydrogen (secondary N) is 3. The SMILES string of the molecule is CCN(C(C)=O)C(SNc1ccc(C(=O)NCCN2CCCC2)cc1)[C@H](N)C(=O)Nn1cccc1. The van der Waals surface area contributed by atoms with E-state index in [0.717, 1.165) is 25.3 Å². The molecule has 190 valence electrons. The van der Waals surface area contributed by atoms with Crippen LogP contribution in [0.5, 0.6) is 0 Å². The minimum Gasteiger partial charge on any atom is -0.351 e. The maximum atomic E-state index is 12.7. The Hall–Kier alpha value is -3.02. The fourth-order valence-corrected chi connectivity index (χ4v) is 4.99. The summed E-state index contributed by atoms with van der Waals surface area (Å²) in [6, 6.07) is 9.63. The molecule has 1 unspecified atom stereocenters. The highest BCUT2D eigenvalue weighted by molar-refractivity contribution is 8.01. The summed E-state index contributed by atoms with van der Waals surface area (Å²) < 4.78 is 4.68. The molecule has 2 heterocycles. The van der Waals surface area contributed by atoms with Gasteiger partial charge in [0.15, 0.2) is 0 Å². The average molecular weight is 502 g/mol. The Morgan fingerprint density at radius 3 is 2.37 bits per heavy atom. The summed E-state index contributed by atoms with van der Waals surface area (Å²) in [5.74, 6) is -0.711. The van der Waals surface area contributed by atoms with E-state index in [0.29, 0.717) is 18.7 Å². The summed E-state index contributed by atoms with van der Waals surface area (Å²) >= 11 is 1.18. The van der Waals surface area contributed by atoms with Gasteiger partial charge in [0.25, 0.3) is 11.8 Å². The number of aromatic nitrogens is 1. The van der Waals surface area contributed by atoms with E-state index in [1.54, 1.807) is 53.7 Å². The number of carbonyl (C=O) groups excluding carboxylic acids is 3. The minimum atomic E-state index is -0.987. The molecule has 0 radical (unpaired) electrons. The Balaban J connectivity index is 1.57. The predicted octanol–water partition coefficient (Wildman–Crippen LogP) is 1.67. The number of benzene rings is 1. The van der Waals surface area contributed by atoms with Crippen molar-refractivity contribution in [1.29, 1.82) is 0 Å². The highest BCUT2D eigenvalue weighted by atomic mass is 32.2. The number of hydrogen-bond acceptors (Lipinski definition) is 7. The largest absolute Gasteiger partial charge is 0.351 e. The predicted molar refractivity (Wildman–Crippen MR) is 139 cm³/mol. The van der Waals surface area contributed by atoms with Crippen molar-refractivity contribution in [2.45, 2.75) is 38.1 Å². The topological polar surface area (TPSA) is 125 Å². The van der Waals surface area contributed by atoms with E-state index in [4.69, 9.17) is 5.73 Å². The molecule has 10 nitrogen and oxygen atoms in total. The zero-order valence-electron chi connectivity index (χ0n) is 20.3. The van der Waals surface area contributed by atoms with Crippen molar-refractivity contribution >= 4 is 35.4 Å². The first-order valence-electron chi connectivity index (χ1n) is 11.9. The summed E-state index contributed by atoms with van der Waals surface area (Å²) in [6.45, 7) is 7.38. The van der Waals surface area contributed by atoms with Gasteiger partial charge in [-0.3, -0.25) is 24.5 Å². The highest BCUT2D eigenvalue weighted by Crippen LogP contribution is 2.23. The van der Waals surface area contributed by atoms with Crippen molar-refractivity contribution in [2.24, 2.45) is 5.73 Å². The number of rotatable bonds is 12. The van der Waals surface area contributed by atoms with Crippen LogP contribution >= 0.6 is 11.9 Å². The Labute approximate surface area is 210 Å². The molecule has 0 saturated carbocycles. The van der Waals surface area contributed by atoms with Crippen LogP contribution in [0.3, 0.4) is 0 Å². The Kier molecular flexibility index (Phi) is 10.0. The van der Waals surface area contributed by atoms with Gasteiger partial charge in [0.05, 0.1) is 0 Å². The summed E-state index contributed by atoms with van der Waals surface area (Å²) in [5, 5.41) is 2.31. The van der Waals surface area contributed by atoms with Crippen LogP contribution in [0.25, 0.3) is 0 Å². The molecule has 1 saturated heterocycles. The normalized spacial score (nSPS) is 15.3. The first kappa shape index (κ1) is 26.6. The van der Waals surface area contributed by atoms with Gasteiger partial charge >= 0.3 is 0 Å². The monoisotopic (exact) mass is 501 g/mol. The Bertz CT molecular complexity index is 962. The molecule has 1 aliphatic rings. The first-order chi connectivity index (χ1) is 16.9. The molecule has 2 aromatic rings. The highest BCUT2D eigenvalue weighted by Gasteiger charge is 2.32. The number of nitrogens with zero attached hydrogens (tertiary/aromatic N) is 3. The zero-order valence-corrected chi connectivity index (χ0v) is 21.1. The van der Waals surface area contributed by atoms with Gasteiger partial charge < -0.3 is 25.6 Å². The lowest BCUT2D eigenvalue weighted by Crippen LogP contribution is -2.54. The van der Waals surface area contributed by atoms with Gasteiger partial charge in [-0.2, -0.15) is 0 Å². The molecule has 0 bridgehead atoms. The molecule has 1 fully saturated rings. The second-order valence-electron chi connectivity index (χ2n) is 8.39. The van der Waals surface area contributed by atoms with Crippen LogP contribution in [0.1, 0.15) is 37.0 Å². The molecule has 1 aliphatic heterocycles. The molecular formula is C24H35N7O3S. The van der Waals surface area contributed by atoms with Crippen molar-refractivity contribution in [3.05, 3.63) is 54.4 Å². The number of likely N-dealkylation sites (tertiary alicyclic amines) is 1. The molecule has 1 aromatic carbocycles. The van der Waals surface area contributed by atoms with E-state index in [1.807, 2.05) is 6.92 Å². The van der Waals surface area contributed by atoms with Crippen LogP contribution in [0, 0.1) is 0 Å². The molecule has 2 atom stereocenters. The van der Waals surface area contributed by atoms with Crippen LogP contribution in [0.2, 0.25) is 0 Å². The molecule has 1 aromatic heterocycles. The summed E-state index contributed by atoms with van der Waals surface area (Å²) in [5.41, 5.74) is 10.3. The average Bonchev–Trinajstić information content (AvgIpc) is 3.56. The Morgan fingerprint density at radius 1 is 1.11 bits per heavy atom. The smallest absolute Gasteiger partial charge is 0.258 e. The number of amides is 3. The summed E-state index contributed by atoms with van der Waals surface area (Å²) in [7, 11) is 0. The summed E-state index contributed by atoms with van der Waals surface area (Å²) in [4.78, 5) is 41.2. The number of nitrogens with two attached hydrogens (primary N) is 1. The van der Waals surface area contributed by atoms with Crippen LogP contribution in [-0.4, -0.2) is 76.3 Å². The van der Waals surface area contributed by atoms with E-state index >= 15 is 0 Å². The van der Waals surface area contributed by atoms with Crippen LogP contribution in [0.4, 0.5) is 5.69 Å². The van der Waals surface area contributed by atoms with Crippen molar-refractivity contribution in [3.8, 4) is 0 Å². The van der Waals surface area contributed by atoms with Gasteiger partial charge in [-0.1, -0.05) is 0 Å². The van der Waals surface area contributed by atoms with E-state index in [9.17, 15) is 14.4 Å². The third kappa shape index (κ3) is 7.74. The maximum absolute atomic E-state index is 12.7. The van der Waals surface area contributed by atoms with Crippen molar-refractivity contribution in [1.82, 2.24) is 19.8 Å². The molecule has 3 amide bonds.